The maximum Gasteiger partial charge on any atom is 0.00813 e. The molecule has 0 aliphatic carbocycles. The summed E-state index contributed by atoms with van der Waals surface area (Å²) in [6.07, 6.45) is 12.7. The standard InChI is InChI=1S/C11H21I/c1-3-4-5-6-7-8-9-10-11(2)12/h3-4,11H,5-10H2,1-2H3/b4-3+. The lowest BCUT2D eigenvalue weighted by Gasteiger charge is -2.01. The molecule has 0 rings (SSSR count). The maximum absolute atomic E-state index is 2.51. The van der Waals surface area contributed by atoms with Crippen LogP contribution in [-0.2, 0) is 0 Å². The lowest BCUT2D eigenvalue weighted by atomic mass is 10.1. The summed E-state index contributed by atoms with van der Waals surface area (Å²) in [5.74, 6) is 0. The van der Waals surface area contributed by atoms with Crippen molar-refractivity contribution in [3.63, 3.8) is 0 Å². The Bertz CT molecular complexity index is 106. The summed E-state index contributed by atoms with van der Waals surface area (Å²) in [5, 5.41) is 0. The van der Waals surface area contributed by atoms with Crippen LogP contribution in [0.4, 0.5) is 0 Å². The molecule has 12 heavy (non-hydrogen) atoms. The van der Waals surface area contributed by atoms with Crippen molar-refractivity contribution in [1.29, 1.82) is 0 Å². The van der Waals surface area contributed by atoms with Crippen LogP contribution in [0.1, 0.15) is 52.4 Å². The highest BCUT2D eigenvalue weighted by Crippen LogP contribution is 2.12. The zero-order chi connectivity index (χ0) is 9.23. The highest BCUT2D eigenvalue weighted by Gasteiger charge is 1.94. The van der Waals surface area contributed by atoms with Gasteiger partial charge >= 0.3 is 0 Å². The number of hydrogen-bond donors (Lipinski definition) is 0. The van der Waals surface area contributed by atoms with E-state index in [2.05, 4.69) is 48.6 Å². The van der Waals surface area contributed by atoms with Crippen molar-refractivity contribution in [2.24, 2.45) is 0 Å². The SMILES string of the molecule is C/C=C/CCCCCCC(C)I. The van der Waals surface area contributed by atoms with Gasteiger partial charge in [-0.15, -0.1) is 0 Å². The molecule has 0 heterocycles. The first kappa shape index (κ1) is 12.5. The number of hydrogen-bond acceptors (Lipinski definition) is 0. The van der Waals surface area contributed by atoms with Gasteiger partial charge in [-0.1, -0.05) is 60.9 Å². The Balaban J connectivity index is 2.91. The van der Waals surface area contributed by atoms with E-state index in [1.165, 1.54) is 38.5 Å². The summed E-state index contributed by atoms with van der Waals surface area (Å²) in [4.78, 5) is 0. The van der Waals surface area contributed by atoms with Crippen LogP contribution in [0.25, 0.3) is 0 Å². The lowest BCUT2D eigenvalue weighted by molar-refractivity contribution is 0.621. The molecular formula is C11H21I. The van der Waals surface area contributed by atoms with Crippen LogP contribution in [0.5, 0.6) is 0 Å². The van der Waals surface area contributed by atoms with Gasteiger partial charge in [-0.2, -0.15) is 0 Å². The molecule has 1 atom stereocenters. The number of alkyl halides is 1. The molecule has 0 spiro atoms. The van der Waals surface area contributed by atoms with E-state index in [9.17, 15) is 0 Å². The van der Waals surface area contributed by atoms with Crippen molar-refractivity contribution in [2.45, 2.75) is 56.3 Å². The van der Waals surface area contributed by atoms with E-state index in [4.69, 9.17) is 0 Å². The minimum Gasteiger partial charge on any atom is -0.0917 e. The third-order valence-electron chi connectivity index (χ3n) is 1.96. The van der Waals surface area contributed by atoms with Crippen LogP contribution >= 0.6 is 22.6 Å². The fourth-order valence-corrected chi connectivity index (χ4v) is 1.65. The summed E-state index contributed by atoms with van der Waals surface area (Å²) in [7, 11) is 0. The van der Waals surface area contributed by atoms with E-state index in [0.29, 0.717) is 0 Å². The zero-order valence-corrected chi connectivity index (χ0v) is 10.5. The van der Waals surface area contributed by atoms with Crippen molar-refractivity contribution in [3.05, 3.63) is 12.2 Å². The van der Waals surface area contributed by atoms with Gasteiger partial charge in [-0.05, 0) is 26.2 Å². The molecule has 0 fully saturated rings. The van der Waals surface area contributed by atoms with Crippen LogP contribution < -0.4 is 0 Å². The van der Waals surface area contributed by atoms with E-state index in [1.807, 2.05) is 0 Å². The molecule has 0 nitrogen and oxygen atoms in total. The fraction of sp³-hybridized carbons (Fsp3) is 0.818. The van der Waals surface area contributed by atoms with Crippen LogP contribution in [0.3, 0.4) is 0 Å². The molecule has 1 heteroatoms. The minimum absolute atomic E-state index is 0.859. The predicted octanol–water partition coefficient (Wildman–Crippen LogP) is 4.73. The first-order valence-corrected chi connectivity index (χ1v) is 6.27. The predicted molar refractivity (Wildman–Crippen MR) is 66.0 cm³/mol. The molecule has 0 saturated heterocycles. The number of rotatable bonds is 7. The van der Waals surface area contributed by atoms with E-state index < -0.39 is 0 Å². The quantitative estimate of drug-likeness (QED) is 0.274. The lowest BCUT2D eigenvalue weighted by Crippen LogP contribution is -1.88. The smallest absolute Gasteiger partial charge is 0.00813 e. The van der Waals surface area contributed by atoms with Crippen molar-refractivity contribution >= 4 is 22.6 Å². The van der Waals surface area contributed by atoms with Gasteiger partial charge in [-0.25, -0.2) is 0 Å². The molecule has 72 valence electrons. The van der Waals surface area contributed by atoms with Crippen LogP contribution in [-0.4, -0.2) is 3.92 Å². The highest BCUT2D eigenvalue weighted by molar-refractivity contribution is 14.1. The van der Waals surface area contributed by atoms with Crippen molar-refractivity contribution in [1.82, 2.24) is 0 Å². The molecular weight excluding hydrogens is 259 g/mol. The Morgan fingerprint density at radius 3 is 2.42 bits per heavy atom. The summed E-state index contributed by atoms with van der Waals surface area (Å²) in [6.45, 7) is 4.39. The average molecular weight is 280 g/mol. The Kier molecular flexibility index (Phi) is 9.93. The molecule has 0 aliphatic heterocycles. The van der Waals surface area contributed by atoms with Gasteiger partial charge < -0.3 is 0 Å². The molecule has 0 bridgehead atoms. The van der Waals surface area contributed by atoms with E-state index >= 15 is 0 Å². The summed E-state index contributed by atoms with van der Waals surface area (Å²) in [6, 6.07) is 0. The topological polar surface area (TPSA) is 0 Å². The molecule has 0 N–H and O–H groups in total. The highest BCUT2D eigenvalue weighted by atomic mass is 127. The number of allylic oxidation sites excluding steroid dienone is 2. The van der Waals surface area contributed by atoms with Crippen LogP contribution in [0.15, 0.2) is 12.2 Å². The molecule has 0 aromatic heterocycles. The van der Waals surface area contributed by atoms with Gasteiger partial charge in [0, 0.05) is 3.92 Å². The largest absolute Gasteiger partial charge is 0.0917 e. The Hall–Kier alpha value is 0.470. The number of halogens is 1. The molecule has 0 aliphatic rings. The molecule has 0 radical (unpaired) electrons. The molecule has 1 unspecified atom stereocenters. The zero-order valence-electron chi connectivity index (χ0n) is 8.35. The van der Waals surface area contributed by atoms with Crippen molar-refractivity contribution in [3.8, 4) is 0 Å². The third-order valence-corrected chi connectivity index (χ3v) is 2.58. The molecule has 0 aromatic carbocycles. The summed E-state index contributed by atoms with van der Waals surface area (Å²) < 4.78 is 0.859. The van der Waals surface area contributed by atoms with Crippen molar-refractivity contribution in [2.75, 3.05) is 0 Å². The summed E-state index contributed by atoms with van der Waals surface area (Å²) in [5.41, 5.74) is 0. The van der Waals surface area contributed by atoms with Gasteiger partial charge in [0.15, 0.2) is 0 Å². The van der Waals surface area contributed by atoms with Gasteiger partial charge in [0.25, 0.3) is 0 Å². The normalized spacial score (nSPS) is 13.9. The molecule has 0 aromatic rings. The average Bonchev–Trinajstić information content (AvgIpc) is 2.02. The van der Waals surface area contributed by atoms with Crippen LogP contribution in [0, 0.1) is 0 Å². The second-order valence-corrected chi connectivity index (χ2v) is 5.47. The minimum atomic E-state index is 0.859. The molecule has 0 saturated carbocycles. The van der Waals surface area contributed by atoms with Gasteiger partial charge in [0.1, 0.15) is 0 Å². The van der Waals surface area contributed by atoms with Crippen LogP contribution in [0.2, 0.25) is 0 Å². The van der Waals surface area contributed by atoms with Gasteiger partial charge in [0.2, 0.25) is 0 Å². The molecule has 0 amide bonds. The monoisotopic (exact) mass is 280 g/mol. The van der Waals surface area contributed by atoms with E-state index in [1.54, 1.807) is 0 Å². The van der Waals surface area contributed by atoms with Crippen molar-refractivity contribution < 1.29 is 0 Å². The summed E-state index contributed by atoms with van der Waals surface area (Å²) >= 11 is 2.51. The second-order valence-electron chi connectivity index (χ2n) is 3.34. The number of unbranched alkanes of at least 4 members (excludes halogenated alkanes) is 4. The third kappa shape index (κ3) is 10.5. The first-order valence-electron chi connectivity index (χ1n) is 5.02. The van der Waals surface area contributed by atoms with E-state index in [0.717, 1.165) is 3.92 Å². The maximum atomic E-state index is 2.51. The van der Waals surface area contributed by atoms with Gasteiger partial charge in [0.05, 0.1) is 0 Å². The van der Waals surface area contributed by atoms with Gasteiger partial charge in [-0.3, -0.25) is 0 Å². The Morgan fingerprint density at radius 2 is 1.83 bits per heavy atom. The second kappa shape index (κ2) is 9.56. The van der Waals surface area contributed by atoms with E-state index in [-0.39, 0.29) is 0 Å². The first-order chi connectivity index (χ1) is 5.77. The Labute approximate surface area is 91.0 Å². The Morgan fingerprint density at radius 1 is 1.17 bits per heavy atom. The fourth-order valence-electron chi connectivity index (χ4n) is 1.21.